The lowest BCUT2D eigenvalue weighted by Gasteiger charge is -2.08. The van der Waals surface area contributed by atoms with Gasteiger partial charge in [0, 0.05) is 17.0 Å². The van der Waals surface area contributed by atoms with Gasteiger partial charge in [-0.25, -0.2) is 9.48 Å². The lowest BCUT2D eigenvalue weighted by molar-refractivity contribution is 0.0474. The number of carbonyl (C=O) groups is 2. The minimum Gasteiger partial charge on any atom is -0.467 e. The van der Waals surface area contributed by atoms with Gasteiger partial charge in [0.25, 0.3) is 0 Å². The second-order valence-corrected chi connectivity index (χ2v) is 9.92. The normalized spacial score (nSPS) is 11.0. The number of esters is 1. The van der Waals surface area contributed by atoms with Crippen LogP contribution in [0.2, 0.25) is 0 Å². The van der Waals surface area contributed by atoms with E-state index in [1.165, 1.54) is 23.1 Å². The third kappa shape index (κ3) is 5.02. The molecule has 1 aromatic carbocycles. The molecule has 4 aromatic rings. The summed E-state index contributed by atoms with van der Waals surface area (Å²) < 4.78 is 15.8. The number of hydrogen-bond donors (Lipinski definition) is 0. The molecule has 0 aliphatic rings. The molecule has 0 atom stereocenters. The molecule has 3 heterocycles. The zero-order valence-corrected chi connectivity index (χ0v) is 20.7. The molecule has 0 spiro atoms. The number of aryl methyl sites for hydroxylation is 1. The van der Waals surface area contributed by atoms with Crippen LogP contribution >= 0.6 is 35.3 Å². The second kappa shape index (κ2) is 9.90. The van der Waals surface area contributed by atoms with E-state index in [9.17, 15) is 9.59 Å². The van der Waals surface area contributed by atoms with Gasteiger partial charge in [-0.3, -0.25) is 4.79 Å². The zero-order chi connectivity index (χ0) is 23.5. The minimum atomic E-state index is -0.564. The van der Waals surface area contributed by atoms with Crippen LogP contribution in [0.4, 0.5) is 0 Å². The van der Waals surface area contributed by atoms with Crippen LogP contribution in [0.5, 0.6) is 0 Å². The first-order valence-corrected chi connectivity index (χ1v) is 12.5. The number of ketones is 1. The maximum absolute atomic E-state index is 12.7. The SMILES string of the molecule is CSc1nn(-c2ccc(C(=O)OCC(=O)c3cc(C)n(Cc4ccco4)c3C)cc2)c(=S)s1. The summed E-state index contributed by atoms with van der Waals surface area (Å²) in [6.07, 6.45) is 3.56. The largest absolute Gasteiger partial charge is 0.467 e. The molecule has 7 nitrogen and oxygen atoms in total. The molecule has 0 aliphatic carbocycles. The van der Waals surface area contributed by atoms with Crippen molar-refractivity contribution in [2.45, 2.75) is 24.7 Å². The summed E-state index contributed by atoms with van der Waals surface area (Å²) in [4.78, 5) is 25.2. The summed E-state index contributed by atoms with van der Waals surface area (Å²) in [6, 6.07) is 12.3. The van der Waals surface area contributed by atoms with Gasteiger partial charge in [0.1, 0.15) is 5.76 Å². The number of benzene rings is 1. The van der Waals surface area contributed by atoms with Gasteiger partial charge in [0.15, 0.2) is 14.9 Å². The molecule has 33 heavy (non-hydrogen) atoms. The van der Waals surface area contributed by atoms with E-state index >= 15 is 0 Å². The summed E-state index contributed by atoms with van der Waals surface area (Å²) in [5.41, 5.74) is 3.37. The Labute approximate surface area is 204 Å². The van der Waals surface area contributed by atoms with E-state index in [2.05, 4.69) is 5.10 Å². The van der Waals surface area contributed by atoms with Crippen molar-refractivity contribution in [2.24, 2.45) is 0 Å². The Kier molecular flexibility index (Phi) is 6.96. The third-order valence-electron chi connectivity index (χ3n) is 5.15. The summed E-state index contributed by atoms with van der Waals surface area (Å²) >= 11 is 8.30. The fraction of sp³-hybridized carbons (Fsp3) is 0.217. The molecule has 0 N–H and O–H groups in total. The van der Waals surface area contributed by atoms with Gasteiger partial charge >= 0.3 is 5.97 Å². The van der Waals surface area contributed by atoms with E-state index in [4.69, 9.17) is 21.4 Å². The predicted molar refractivity (Wildman–Crippen MR) is 130 cm³/mol. The molecule has 0 amide bonds. The fourth-order valence-electron chi connectivity index (χ4n) is 3.42. The molecule has 0 aliphatic heterocycles. The van der Waals surface area contributed by atoms with E-state index in [-0.39, 0.29) is 12.4 Å². The number of furan rings is 1. The first-order chi connectivity index (χ1) is 15.9. The van der Waals surface area contributed by atoms with Crippen molar-refractivity contribution in [1.82, 2.24) is 14.3 Å². The van der Waals surface area contributed by atoms with Gasteiger partial charge in [-0.15, -0.1) is 5.10 Å². The summed E-state index contributed by atoms with van der Waals surface area (Å²) in [7, 11) is 0. The Bertz CT molecular complexity index is 1350. The maximum atomic E-state index is 12.7. The van der Waals surface area contributed by atoms with E-state index < -0.39 is 5.97 Å². The van der Waals surface area contributed by atoms with Crippen molar-refractivity contribution in [2.75, 3.05) is 12.9 Å². The van der Waals surface area contributed by atoms with Crippen LogP contribution in [0.3, 0.4) is 0 Å². The quantitative estimate of drug-likeness (QED) is 0.137. The molecule has 0 saturated carbocycles. The van der Waals surface area contributed by atoms with E-state index in [1.54, 1.807) is 35.2 Å². The Balaban J connectivity index is 1.41. The van der Waals surface area contributed by atoms with Crippen LogP contribution in [0, 0.1) is 17.8 Å². The zero-order valence-electron chi connectivity index (χ0n) is 18.2. The number of thioether (sulfide) groups is 1. The van der Waals surface area contributed by atoms with Crippen molar-refractivity contribution < 1.29 is 18.7 Å². The number of hydrogen-bond acceptors (Lipinski definition) is 8. The van der Waals surface area contributed by atoms with Crippen LogP contribution in [0.1, 0.15) is 37.9 Å². The maximum Gasteiger partial charge on any atom is 0.338 e. The number of ether oxygens (including phenoxy) is 1. The molecule has 4 rings (SSSR count). The topological polar surface area (TPSA) is 79.3 Å². The van der Waals surface area contributed by atoms with Crippen molar-refractivity contribution in [1.29, 1.82) is 0 Å². The standard InChI is InChI=1S/C23H21N3O4S3/c1-14-11-19(15(2)25(14)12-18-5-4-10-29-18)20(27)13-30-21(28)16-6-8-17(9-7-16)26-23(31)33-22(24-26)32-3/h4-11H,12-13H2,1-3H3. The average molecular weight is 500 g/mol. The van der Waals surface area contributed by atoms with E-state index in [0.717, 1.165) is 27.2 Å². The Morgan fingerprint density at radius 1 is 1.21 bits per heavy atom. The molecule has 0 radical (unpaired) electrons. The van der Waals surface area contributed by atoms with Crippen molar-refractivity contribution in [3.05, 3.63) is 81.0 Å². The summed E-state index contributed by atoms with van der Waals surface area (Å²) in [5, 5.41) is 4.43. The molecule has 10 heteroatoms. The van der Waals surface area contributed by atoms with Crippen molar-refractivity contribution in [3.8, 4) is 5.69 Å². The average Bonchev–Trinajstić information content (AvgIpc) is 3.53. The number of aromatic nitrogens is 3. The van der Waals surface area contributed by atoms with Gasteiger partial charge in [-0.2, -0.15) is 0 Å². The van der Waals surface area contributed by atoms with Crippen molar-refractivity contribution >= 4 is 47.1 Å². The first kappa shape index (κ1) is 23.2. The lowest BCUT2D eigenvalue weighted by atomic mass is 10.1. The summed E-state index contributed by atoms with van der Waals surface area (Å²) in [5.74, 6) is -0.0163. The van der Waals surface area contributed by atoms with Gasteiger partial charge in [-0.1, -0.05) is 23.1 Å². The Morgan fingerprint density at radius 3 is 2.61 bits per heavy atom. The molecule has 3 aromatic heterocycles. The third-order valence-corrected chi connectivity index (χ3v) is 7.36. The van der Waals surface area contributed by atoms with Crippen LogP contribution in [0.25, 0.3) is 5.69 Å². The smallest absolute Gasteiger partial charge is 0.338 e. The van der Waals surface area contributed by atoms with Crippen LogP contribution in [-0.2, 0) is 11.3 Å². The lowest BCUT2D eigenvalue weighted by Crippen LogP contribution is -2.15. The van der Waals surface area contributed by atoms with Gasteiger partial charge in [-0.05, 0) is 74.8 Å². The van der Waals surface area contributed by atoms with Crippen LogP contribution in [0.15, 0.2) is 57.5 Å². The number of carbonyl (C=O) groups excluding carboxylic acids is 2. The molecule has 170 valence electrons. The van der Waals surface area contributed by atoms with Gasteiger partial charge in [0.05, 0.1) is 24.1 Å². The Hall–Kier alpha value is -2.95. The highest BCUT2D eigenvalue weighted by Gasteiger charge is 2.18. The highest BCUT2D eigenvalue weighted by molar-refractivity contribution is 8.00. The second-order valence-electron chi connectivity index (χ2n) is 7.25. The molecular weight excluding hydrogens is 478 g/mol. The van der Waals surface area contributed by atoms with Crippen molar-refractivity contribution in [3.63, 3.8) is 0 Å². The minimum absolute atomic E-state index is 0.253. The fourth-order valence-corrected chi connectivity index (χ4v) is 5.20. The molecule has 0 fully saturated rings. The number of Topliss-reactive ketones (excluding diaryl/α,β-unsaturated/α-hetero) is 1. The highest BCUT2D eigenvalue weighted by atomic mass is 32.2. The summed E-state index contributed by atoms with van der Waals surface area (Å²) in [6.45, 7) is 4.00. The van der Waals surface area contributed by atoms with E-state index in [1.807, 2.05) is 42.9 Å². The first-order valence-electron chi connectivity index (χ1n) is 10.0. The molecule has 0 unspecified atom stereocenters. The Morgan fingerprint density at radius 2 is 1.97 bits per heavy atom. The highest BCUT2D eigenvalue weighted by Crippen LogP contribution is 2.22. The van der Waals surface area contributed by atoms with Gasteiger partial charge < -0.3 is 13.7 Å². The predicted octanol–water partition coefficient (Wildman–Crippen LogP) is 5.48. The number of nitrogens with zero attached hydrogens (tertiary/aromatic N) is 3. The molecule has 0 bridgehead atoms. The van der Waals surface area contributed by atoms with Crippen LogP contribution in [-0.4, -0.2) is 39.0 Å². The number of rotatable bonds is 8. The van der Waals surface area contributed by atoms with Crippen LogP contribution < -0.4 is 0 Å². The molecule has 0 saturated heterocycles. The molecular formula is C23H21N3O4S3. The monoisotopic (exact) mass is 499 g/mol. The van der Waals surface area contributed by atoms with Gasteiger partial charge in [0.2, 0.25) is 5.78 Å². The van der Waals surface area contributed by atoms with E-state index in [0.29, 0.717) is 21.6 Å².